The van der Waals surface area contributed by atoms with Gasteiger partial charge < -0.3 is 10.5 Å². The Kier molecular flexibility index (Phi) is 3.95. The number of halogens is 1. The lowest BCUT2D eigenvalue weighted by atomic mass is 10.1. The van der Waals surface area contributed by atoms with Crippen molar-refractivity contribution in [1.29, 1.82) is 0 Å². The summed E-state index contributed by atoms with van der Waals surface area (Å²) in [6.07, 6.45) is 0. The lowest BCUT2D eigenvalue weighted by molar-refractivity contribution is 0.299. The van der Waals surface area contributed by atoms with Crippen LogP contribution >= 0.6 is 0 Å². The molecule has 0 saturated heterocycles. The minimum atomic E-state index is -0.271. The van der Waals surface area contributed by atoms with Crippen molar-refractivity contribution < 1.29 is 9.13 Å². The number of benzene rings is 2. The van der Waals surface area contributed by atoms with Gasteiger partial charge >= 0.3 is 0 Å². The molecule has 0 atom stereocenters. The van der Waals surface area contributed by atoms with E-state index in [4.69, 9.17) is 10.5 Å². The van der Waals surface area contributed by atoms with Crippen molar-refractivity contribution in [3.8, 4) is 5.75 Å². The second-order valence-corrected chi connectivity index (χ2v) is 4.20. The van der Waals surface area contributed by atoms with E-state index in [2.05, 4.69) is 0 Å². The quantitative estimate of drug-likeness (QED) is 0.898. The first kappa shape index (κ1) is 12.6. The van der Waals surface area contributed by atoms with Gasteiger partial charge in [0.05, 0.1) is 0 Å². The lowest BCUT2D eigenvalue weighted by Gasteiger charge is -2.09. The van der Waals surface area contributed by atoms with Crippen molar-refractivity contribution in [2.75, 3.05) is 0 Å². The van der Waals surface area contributed by atoms with Gasteiger partial charge in [-0.25, -0.2) is 4.39 Å². The minimum Gasteiger partial charge on any atom is -0.489 e. The fourth-order valence-corrected chi connectivity index (χ4v) is 1.70. The Morgan fingerprint density at radius 3 is 2.39 bits per heavy atom. The monoisotopic (exact) mass is 245 g/mol. The van der Waals surface area contributed by atoms with Gasteiger partial charge in [-0.3, -0.25) is 0 Å². The largest absolute Gasteiger partial charge is 0.489 e. The van der Waals surface area contributed by atoms with Crippen LogP contribution in [0.3, 0.4) is 0 Å². The maximum atomic E-state index is 13.9. The van der Waals surface area contributed by atoms with Gasteiger partial charge in [-0.1, -0.05) is 35.9 Å². The van der Waals surface area contributed by atoms with Crippen LogP contribution in [0.1, 0.15) is 16.7 Å². The van der Waals surface area contributed by atoms with Gasteiger partial charge in [-0.05, 0) is 19.1 Å². The van der Waals surface area contributed by atoms with E-state index in [0.717, 1.165) is 5.75 Å². The fraction of sp³-hybridized carbons (Fsp3) is 0.200. The van der Waals surface area contributed by atoms with Crippen LogP contribution in [0.2, 0.25) is 0 Å². The molecular weight excluding hydrogens is 229 g/mol. The summed E-state index contributed by atoms with van der Waals surface area (Å²) in [4.78, 5) is 0. The van der Waals surface area contributed by atoms with Crippen LogP contribution < -0.4 is 10.5 Å². The highest BCUT2D eigenvalue weighted by Gasteiger charge is 2.07. The molecule has 0 aliphatic heterocycles. The van der Waals surface area contributed by atoms with E-state index >= 15 is 0 Å². The first-order valence-corrected chi connectivity index (χ1v) is 5.86. The predicted octanol–water partition coefficient (Wildman–Crippen LogP) is 3.17. The van der Waals surface area contributed by atoms with Crippen LogP contribution in [0, 0.1) is 12.7 Å². The zero-order valence-electron chi connectivity index (χ0n) is 10.3. The molecular formula is C15H16FNO. The summed E-state index contributed by atoms with van der Waals surface area (Å²) in [6.45, 7) is 2.42. The van der Waals surface area contributed by atoms with E-state index in [1.165, 1.54) is 5.56 Å². The van der Waals surface area contributed by atoms with Crippen molar-refractivity contribution in [2.45, 2.75) is 20.1 Å². The number of aryl methyl sites for hydroxylation is 1. The molecule has 2 nitrogen and oxygen atoms in total. The van der Waals surface area contributed by atoms with Crippen molar-refractivity contribution in [1.82, 2.24) is 0 Å². The molecule has 2 N–H and O–H groups in total. The Morgan fingerprint density at radius 2 is 1.72 bits per heavy atom. The van der Waals surface area contributed by atoms with Crippen LogP contribution in [0.25, 0.3) is 0 Å². The van der Waals surface area contributed by atoms with Crippen molar-refractivity contribution in [3.05, 3.63) is 65.0 Å². The molecule has 0 spiro atoms. The smallest absolute Gasteiger partial charge is 0.134 e. The van der Waals surface area contributed by atoms with Crippen molar-refractivity contribution in [3.63, 3.8) is 0 Å². The van der Waals surface area contributed by atoms with Gasteiger partial charge in [0.1, 0.15) is 18.2 Å². The summed E-state index contributed by atoms with van der Waals surface area (Å²) in [5, 5.41) is 0. The summed E-state index contributed by atoms with van der Waals surface area (Å²) < 4.78 is 19.4. The predicted molar refractivity (Wildman–Crippen MR) is 69.8 cm³/mol. The lowest BCUT2D eigenvalue weighted by Crippen LogP contribution is -2.05. The first-order chi connectivity index (χ1) is 8.70. The molecule has 3 heteroatoms. The Balaban J connectivity index is 2.08. The number of hydrogen-bond donors (Lipinski definition) is 1. The fourth-order valence-electron chi connectivity index (χ4n) is 1.70. The molecule has 0 amide bonds. The molecule has 0 radical (unpaired) electrons. The Morgan fingerprint density at radius 1 is 1.06 bits per heavy atom. The zero-order valence-corrected chi connectivity index (χ0v) is 10.3. The van der Waals surface area contributed by atoms with Crippen LogP contribution in [0.15, 0.2) is 42.5 Å². The van der Waals surface area contributed by atoms with Crippen LogP contribution in [-0.2, 0) is 13.2 Å². The van der Waals surface area contributed by atoms with Crippen LogP contribution in [0.5, 0.6) is 5.75 Å². The maximum absolute atomic E-state index is 13.9. The second kappa shape index (κ2) is 5.65. The molecule has 94 valence electrons. The third-order valence-corrected chi connectivity index (χ3v) is 2.79. The van der Waals surface area contributed by atoms with Gasteiger partial charge in [-0.2, -0.15) is 0 Å². The van der Waals surface area contributed by atoms with E-state index in [-0.39, 0.29) is 19.0 Å². The van der Waals surface area contributed by atoms with Crippen molar-refractivity contribution in [2.24, 2.45) is 5.73 Å². The highest BCUT2D eigenvalue weighted by Crippen LogP contribution is 2.17. The zero-order chi connectivity index (χ0) is 13.0. The number of nitrogens with two attached hydrogens (primary N) is 1. The Hall–Kier alpha value is -1.87. The molecule has 0 aliphatic rings. The highest BCUT2D eigenvalue weighted by molar-refractivity contribution is 5.28. The summed E-state index contributed by atoms with van der Waals surface area (Å²) in [5.74, 6) is 0.463. The molecule has 2 rings (SSSR count). The Labute approximate surface area is 106 Å². The number of rotatable bonds is 4. The number of hydrogen-bond acceptors (Lipinski definition) is 2. The molecule has 2 aromatic rings. The summed E-state index contributed by atoms with van der Waals surface area (Å²) >= 11 is 0. The highest BCUT2D eigenvalue weighted by atomic mass is 19.1. The van der Waals surface area contributed by atoms with E-state index in [0.29, 0.717) is 11.1 Å². The van der Waals surface area contributed by atoms with Gasteiger partial charge in [0.2, 0.25) is 0 Å². The molecule has 0 aromatic heterocycles. The van der Waals surface area contributed by atoms with E-state index in [9.17, 15) is 4.39 Å². The SMILES string of the molecule is Cc1ccc(OCc2cccc(CN)c2F)cc1. The van der Waals surface area contributed by atoms with Gasteiger partial charge in [0.15, 0.2) is 0 Å². The van der Waals surface area contributed by atoms with Crippen LogP contribution in [-0.4, -0.2) is 0 Å². The van der Waals surface area contributed by atoms with E-state index in [1.807, 2.05) is 31.2 Å². The molecule has 0 bridgehead atoms. The van der Waals surface area contributed by atoms with Crippen LogP contribution in [0.4, 0.5) is 4.39 Å². The maximum Gasteiger partial charge on any atom is 0.134 e. The molecule has 0 saturated carbocycles. The molecule has 0 unspecified atom stereocenters. The first-order valence-electron chi connectivity index (χ1n) is 5.86. The van der Waals surface area contributed by atoms with Gasteiger partial charge in [0.25, 0.3) is 0 Å². The number of ether oxygens (including phenoxy) is 1. The molecule has 2 aromatic carbocycles. The van der Waals surface area contributed by atoms with E-state index in [1.54, 1.807) is 18.2 Å². The normalized spacial score (nSPS) is 10.4. The molecule has 18 heavy (non-hydrogen) atoms. The van der Waals surface area contributed by atoms with Gasteiger partial charge in [0, 0.05) is 17.7 Å². The average molecular weight is 245 g/mol. The summed E-state index contributed by atoms with van der Waals surface area (Å²) in [6, 6.07) is 12.9. The molecule has 0 fully saturated rings. The van der Waals surface area contributed by atoms with Gasteiger partial charge in [-0.15, -0.1) is 0 Å². The topological polar surface area (TPSA) is 35.2 Å². The third-order valence-electron chi connectivity index (χ3n) is 2.79. The minimum absolute atomic E-state index is 0.199. The summed E-state index contributed by atoms with van der Waals surface area (Å²) in [7, 11) is 0. The van der Waals surface area contributed by atoms with E-state index < -0.39 is 0 Å². The molecule has 0 aliphatic carbocycles. The Bertz CT molecular complexity index is 523. The standard InChI is InChI=1S/C15H16FNO/c1-11-5-7-14(8-6-11)18-10-13-4-2-3-12(9-17)15(13)16/h2-8H,9-10,17H2,1H3. The third kappa shape index (κ3) is 2.87. The van der Waals surface area contributed by atoms with Crippen molar-refractivity contribution >= 4 is 0 Å². The average Bonchev–Trinajstić information content (AvgIpc) is 2.39. The summed E-state index contributed by atoms with van der Waals surface area (Å²) in [5.41, 5.74) is 7.67. The second-order valence-electron chi connectivity index (χ2n) is 4.20. The molecule has 0 heterocycles.